The molecule has 90 valence electrons. The minimum atomic E-state index is 0.366. The summed E-state index contributed by atoms with van der Waals surface area (Å²) in [6.07, 6.45) is 2.02. The zero-order valence-corrected chi connectivity index (χ0v) is 10.4. The summed E-state index contributed by atoms with van der Waals surface area (Å²) >= 11 is 1.65. The summed E-state index contributed by atoms with van der Waals surface area (Å²) in [6, 6.07) is 9.69. The van der Waals surface area contributed by atoms with E-state index in [9.17, 15) is 0 Å². The molecule has 4 nitrogen and oxygen atoms in total. The molecule has 0 amide bonds. The maximum absolute atomic E-state index is 5.68. The van der Waals surface area contributed by atoms with E-state index in [1.165, 1.54) is 0 Å². The first kappa shape index (κ1) is 12.0. The molecule has 0 atom stereocenters. The molecule has 2 N–H and O–H groups in total. The van der Waals surface area contributed by atoms with Gasteiger partial charge in [0.25, 0.3) is 0 Å². The van der Waals surface area contributed by atoms with Gasteiger partial charge in [0.2, 0.25) is 0 Å². The molecule has 0 unspecified atom stereocenters. The van der Waals surface area contributed by atoms with Gasteiger partial charge in [-0.3, -0.25) is 0 Å². The highest BCUT2D eigenvalue weighted by Crippen LogP contribution is 2.27. The van der Waals surface area contributed by atoms with Crippen LogP contribution in [-0.2, 0) is 13.2 Å². The average molecular weight is 250 g/mol. The molecule has 17 heavy (non-hydrogen) atoms. The lowest BCUT2D eigenvalue weighted by molar-refractivity contribution is 0.244. The van der Waals surface area contributed by atoms with Gasteiger partial charge in [-0.1, -0.05) is 17.3 Å². The molecular weight excluding hydrogens is 236 g/mol. The van der Waals surface area contributed by atoms with Crippen molar-refractivity contribution in [2.75, 3.05) is 6.26 Å². The number of hydrogen-bond donors (Lipinski definition) is 1. The molecule has 2 aromatic rings. The fourth-order valence-electron chi connectivity index (χ4n) is 1.41. The molecule has 0 spiro atoms. The summed E-state index contributed by atoms with van der Waals surface area (Å²) in [5.74, 6) is 1.53. The highest BCUT2D eigenvalue weighted by molar-refractivity contribution is 7.98. The van der Waals surface area contributed by atoms with Crippen LogP contribution in [0, 0.1) is 0 Å². The third kappa shape index (κ3) is 3.01. The zero-order valence-electron chi connectivity index (χ0n) is 9.55. The molecule has 0 aliphatic rings. The molecule has 0 fully saturated rings. The smallest absolute Gasteiger partial charge is 0.174 e. The van der Waals surface area contributed by atoms with Crippen molar-refractivity contribution in [2.45, 2.75) is 18.0 Å². The Labute approximate surface area is 104 Å². The number of benzene rings is 1. The summed E-state index contributed by atoms with van der Waals surface area (Å²) in [7, 11) is 0. The van der Waals surface area contributed by atoms with E-state index >= 15 is 0 Å². The standard InChI is InChI=1S/C12H14N2O2S/c1-17-12-5-3-2-4-11(12)15-8-10-6-9(7-13)14-16-10/h2-6H,7-8,13H2,1H3. The summed E-state index contributed by atoms with van der Waals surface area (Å²) in [5, 5.41) is 3.80. The highest BCUT2D eigenvalue weighted by Gasteiger charge is 2.06. The van der Waals surface area contributed by atoms with E-state index in [0.29, 0.717) is 18.9 Å². The van der Waals surface area contributed by atoms with Gasteiger partial charge in [0.05, 0.1) is 5.69 Å². The molecule has 0 aliphatic carbocycles. The van der Waals surface area contributed by atoms with E-state index in [-0.39, 0.29) is 0 Å². The van der Waals surface area contributed by atoms with Crippen LogP contribution in [0.3, 0.4) is 0 Å². The van der Waals surface area contributed by atoms with Crippen LogP contribution in [0.15, 0.2) is 39.8 Å². The molecule has 1 heterocycles. The van der Waals surface area contributed by atoms with Crippen LogP contribution < -0.4 is 10.5 Å². The van der Waals surface area contributed by atoms with E-state index in [1.54, 1.807) is 11.8 Å². The topological polar surface area (TPSA) is 61.3 Å². The van der Waals surface area contributed by atoms with Crippen molar-refractivity contribution < 1.29 is 9.26 Å². The predicted molar refractivity (Wildman–Crippen MR) is 66.9 cm³/mol. The molecule has 0 aliphatic heterocycles. The third-order valence-electron chi connectivity index (χ3n) is 2.26. The Morgan fingerprint density at radius 3 is 2.94 bits per heavy atom. The number of rotatable bonds is 5. The molecule has 0 radical (unpaired) electrons. The van der Waals surface area contributed by atoms with Crippen molar-refractivity contribution in [1.82, 2.24) is 5.16 Å². The quantitative estimate of drug-likeness (QED) is 0.826. The predicted octanol–water partition coefficient (Wildman–Crippen LogP) is 2.43. The zero-order chi connectivity index (χ0) is 12.1. The lowest BCUT2D eigenvalue weighted by Crippen LogP contribution is -1.96. The van der Waals surface area contributed by atoms with E-state index in [1.807, 2.05) is 36.6 Å². The molecule has 1 aromatic heterocycles. The van der Waals surface area contributed by atoms with Gasteiger partial charge in [-0.05, 0) is 18.4 Å². The first-order valence-corrected chi connectivity index (χ1v) is 6.46. The molecule has 0 saturated carbocycles. The van der Waals surface area contributed by atoms with E-state index in [2.05, 4.69) is 5.16 Å². The summed E-state index contributed by atoms with van der Waals surface area (Å²) in [6.45, 7) is 0.746. The minimum Gasteiger partial charge on any atom is -0.484 e. The number of nitrogens with two attached hydrogens (primary N) is 1. The van der Waals surface area contributed by atoms with Crippen molar-refractivity contribution >= 4 is 11.8 Å². The number of ether oxygens (including phenoxy) is 1. The van der Waals surface area contributed by atoms with Crippen LogP contribution in [0.5, 0.6) is 5.75 Å². The summed E-state index contributed by atoms with van der Waals surface area (Å²) < 4.78 is 10.8. The Morgan fingerprint density at radius 2 is 2.24 bits per heavy atom. The van der Waals surface area contributed by atoms with Gasteiger partial charge >= 0.3 is 0 Å². The van der Waals surface area contributed by atoms with Crippen molar-refractivity contribution in [1.29, 1.82) is 0 Å². The van der Waals surface area contributed by atoms with Gasteiger partial charge in [0, 0.05) is 17.5 Å². The van der Waals surface area contributed by atoms with Gasteiger partial charge < -0.3 is 15.0 Å². The van der Waals surface area contributed by atoms with Gasteiger partial charge in [-0.2, -0.15) is 0 Å². The number of para-hydroxylation sites is 1. The van der Waals surface area contributed by atoms with Gasteiger partial charge in [-0.25, -0.2) is 0 Å². The molecule has 1 aromatic carbocycles. The Kier molecular flexibility index (Phi) is 4.06. The molecule has 0 saturated heterocycles. The lowest BCUT2D eigenvalue weighted by atomic mass is 10.3. The van der Waals surface area contributed by atoms with Gasteiger partial charge in [0.1, 0.15) is 12.4 Å². The van der Waals surface area contributed by atoms with Crippen LogP contribution in [0.2, 0.25) is 0 Å². The Morgan fingerprint density at radius 1 is 1.41 bits per heavy atom. The maximum atomic E-state index is 5.68. The third-order valence-corrected chi connectivity index (χ3v) is 3.03. The number of thioether (sulfide) groups is 1. The maximum Gasteiger partial charge on any atom is 0.174 e. The second-order valence-electron chi connectivity index (χ2n) is 3.43. The number of aromatic nitrogens is 1. The van der Waals surface area contributed by atoms with Crippen LogP contribution in [0.4, 0.5) is 0 Å². The van der Waals surface area contributed by atoms with Crippen LogP contribution in [0.25, 0.3) is 0 Å². The second-order valence-corrected chi connectivity index (χ2v) is 4.28. The second kappa shape index (κ2) is 5.75. The molecule has 2 rings (SSSR count). The highest BCUT2D eigenvalue weighted by atomic mass is 32.2. The van der Waals surface area contributed by atoms with E-state index < -0.39 is 0 Å². The van der Waals surface area contributed by atoms with Crippen LogP contribution in [-0.4, -0.2) is 11.4 Å². The Bertz CT molecular complexity index is 485. The van der Waals surface area contributed by atoms with Crippen molar-refractivity contribution in [3.63, 3.8) is 0 Å². The van der Waals surface area contributed by atoms with Crippen molar-refractivity contribution in [2.24, 2.45) is 5.73 Å². The molecule has 0 bridgehead atoms. The monoisotopic (exact) mass is 250 g/mol. The Balaban J connectivity index is 2.01. The summed E-state index contributed by atoms with van der Waals surface area (Å²) in [5.41, 5.74) is 6.19. The van der Waals surface area contributed by atoms with Gasteiger partial charge in [0.15, 0.2) is 5.76 Å². The van der Waals surface area contributed by atoms with E-state index in [0.717, 1.165) is 16.3 Å². The minimum absolute atomic E-state index is 0.366. The first-order chi connectivity index (χ1) is 8.33. The largest absolute Gasteiger partial charge is 0.484 e. The SMILES string of the molecule is CSc1ccccc1OCc1cc(CN)no1. The number of nitrogens with zero attached hydrogens (tertiary/aromatic N) is 1. The summed E-state index contributed by atoms with van der Waals surface area (Å²) in [4.78, 5) is 1.10. The fraction of sp³-hybridized carbons (Fsp3) is 0.250. The van der Waals surface area contributed by atoms with Crippen molar-refractivity contribution in [3.05, 3.63) is 41.8 Å². The lowest BCUT2D eigenvalue weighted by Gasteiger charge is -2.07. The van der Waals surface area contributed by atoms with E-state index in [4.69, 9.17) is 15.0 Å². The van der Waals surface area contributed by atoms with Crippen LogP contribution >= 0.6 is 11.8 Å². The van der Waals surface area contributed by atoms with Crippen LogP contribution in [0.1, 0.15) is 11.5 Å². The molecular formula is C12H14N2O2S. The number of hydrogen-bond acceptors (Lipinski definition) is 5. The average Bonchev–Trinajstić information content (AvgIpc) is 2.84. The Hall–Kier alpha value is -1.46. The van der Waals surface area contributed by atoms with Crippen molar-refractivity contribution in [3.8, 4) is 5.75 Å². The normalized spacial score (nSPS) is 10.5. The molecule has 5 heteroatoms. The fourth-order valence-corrected chi connectivity index (χ4v) is 1.95. The first-order valence-electron chi connectivity index (χ1n) is 5.24. The van der Waals surface area contributed by atoms with Gasteiger partial charge in [-0.15, -0.1) is 11.8 Å².